The van der Waals surface area contributed by atoms with Crippen LogP contribution < -0.4 is 0 Å². The Morgan fingerprint density at radius 2 is 2.11 bits per heavy atom. The second-order valence-corrected chi connectivity index (χ2v) is 2.73. The predicted molar refractivity (Wildman–Crippen MR) is 34.8 cm³/mol. The maximum Gasteiger partial charge on any atom is 0.0501 e. The monoisotopic (exact) mass is 132 g/mol. The van der Waals surface area contributed by atoms with Gasteiger partial charge < -0.3 is 4.90 Å². The Kier molecular flexibility index (Phi) is 2.03. The van der Waals surface area contributed by atoms with Crippen molar-refractivity contribution in [1.29, 1.82) is 0 Å². The van der Waals surface area contributed by atoms with E-state index in [0.717, 1.165) is 18.2 Å². The van der Waals surface area contributed by atoms with Gasteiger partial charge >= 0.3 is 0 Å². The molecule has 1 aliphatic heterocycles. The van der Waals surface area contributed by atoms with Gasteiger partial charge in [-0.05, 0) is 14.0 Å². The smallest absolute Gasteiger partial charge is 0.0501 e. The van der Waals surface area contributed by atoms with Gasteiger partial charge in [0.2, 0.25) is 0 Å². The quantitative estimate of drug-likeness (QED) is 0.443. The minimum atomic E-state index is 0.0729. The number of rotatable bonds is 0. The fraction of sp³-hybridized carbons (Fsp3) is 1.00. The molecule has 1 fully saturated rings. The average Bonchev–Trinajstić information content (AvgIpc) is 1.80. The molecule has 1 rings (SSSR count). The molecule has 3 heteroatoms. The van der Waals surface area contributed by atoms with Crippen molar-refractivity contribution >= 4 is 0 Å². The zero-order chi connectivity index (χ0) is 6.85. The van der Waals surface area contributed by atoms with Crippen molar-refractivity contribution < 1.29 is 4.48 Å². The van der Waals surface area contributed by atoms with Gasteiger partial charge in [0.05, 0.1) is 6.04 Å². The number of hydrogen-bond donors (Lipinski definition) is 0. The molecule has 1 atom stereocenters. The third kappa shape index (κ3) is 1.63. The van der Waals surface area contributed by atoms with Crippen molar-refractivity contribution in [3.05, 3.63) is 0 Å². The molecule has 0 aliphatic carbocycles. The Balaban J connectivity index is 2.35. The highest BCUT2D eigenvalue weighted by atomic mass is 19.2. The summed E-state index contributed by atoms with van der Waals surface area (Å²) in [5.74, 6) is 0. The number of nitrogens with zero attached hydrogens (tertiary/aromatic N) is 2. The van der Waals surface area contributed by atoms with E-state index in [-0.39, 0.29) is 6.04 Å². The lowest BCUT2D eigenvalue weighted by Gasteiger charge is -2.31. The van der Waals surface area contributed by atoms with E-state index < -0.39 is 0 Å². The summed E-state index contributed by atoms with van der Waals surface area (Å²) in [5.41, 5.74) is 0. The molecule has 2 nitrogen and oxygen atoms in total. The van der Waals surface area contributed by atoms with Crippen LogP contribution in [-0.4, -0.2) is 42.7 Å². The van der Waals surface area contributed by atoms with Crippen molar-refractivity contribution in [2.75, 3.05) is 26.7 Å². The molecule has 0 N–H and O–H groups in total. The lowest BCUT2D eigenvalue weighted by Crippen LogP contribution is -2.46. The van der Waals surface area contributed by atoms with Crippen molar-refractivity contribution in [2.45, 2.75) is 13.0 Å². The van der Waals surface area contributed by atoms with E-state index in [1.54, 1.807) is 0 Å². The molecule has 0 spiro atoms. The molecule has 1 aliphatic rings. The van der Waals surface area contributed by atoms with Gasteiger partial charge in [-0.15, -0.1) is 9.60 Å². The van der Waals surface area contributed by atoms with Crippen LogP contribution in [0.1, 0.15) is 6.92 Å². The SMILES string of the molecule is CC1CN(C)CCN1F. The van der Waals surface area contributed by atoms with Crippen molar-refractivity contribution in [2.24, 2.45) is 0 Å². The van der Waals surface area contributed by atoms with Crippen LogP contribution in [0.2, 0.25) is 0 Å². The highest BCUT2D eigenvalue weighted by Crippen LogP contribution is 2.06. The molecule has 0 saturated carbocycles. The average molecular weight is 132 g/mol. The Morgan fingerprint density at radius 3 is 2.56 bits per heavy atom. The van der Waals surface area contributed by atoms with Gasteiger partial charge in [-0.25, -0.2) is 0 Å². The van der Waals surface area contributed by atoms with Crippen LogP contribution in [0.3, 0.4) is 0 Å². The Morgan fingerprint density at radius 1 is 1.44 bits per heavy atom. The summed E-state index contributed by atoms with van der Waals surface area (Å²) < 4.78 is 12.6. The minimum Gasteiger partial charge on any atom is -0.303 e. The first-order chi connectivity index (χ1) is 4.20. The molecule has 0 aromatic heterocycles. The van der Waals surface area contributed by atoms with Crippen LogP contribution in [-0.2, 0) is 0 Å². The van der Waals surface area contributed by atoms with E-state index in [2.05, 4.69) is 4.90 Å². The second kappa shape index (κ2) is 2.62. The largest absolute Gasteiger partial charge is 0.303 e. The lowest BCUT2D eigenvalue weighted by molar-refractivity contribution is -0.0568. The Labute approximate surface area is 55.2 Å². The summed E-state index contributed by atoms with van der Waals surface area (Å²) in [6.45, 7) is 4.14. The van der Waals surface area contributed by atoms with Gasteiger partial charge in [-0.3, -0.25) is 0 Å². The molecule has 0 radical (unpaired) electrons. The van der Waals surface area contributed by atoms with Crippen LogP contribution in [0.25, 0.3) is 0 Å². The van der Waals surface area contributed by atoms with Crippen LogP contribution in [0.15, 0.2) is 0 Å². The van der Waals surface area contributed by atoms with Gasteiger partial charge in [0.25, 0.3) is 0 Å². The fourth-order valence-electron chi connectivity index (χ4n) is 1.12. The van der Waals surface area contributed by atoms with E-state index in [4.69, 9.17) is 0 Å². The molecule has 9 heavy (non-hydrogen) atoms. The summed E-state index contributed by atoms with van der Waals surface area (Å²) in [6.07, 6.45) is 0. The lowest BCUT2D eigenvalue weighted by atomic mass is 10.2. The summed E-state index contributed by atoms with van der Waals surface area (Å²) in [6, 6.07) is 0.0729. The normalized spacial score (nSPS) is 33.0. The van der Waals surface area contributed by atoms with Crippen molar-refractivity contribution in [1.82, 2.24) is 10.0 Å². The van der Waals surface area contributed by atoms with Gasteiger partial charge in [-0.1, -0.05) is 0 Å². The molecular formula is C6H13FN2. The molecule has 54 valence electrons. The van der Waals surface area contributed by atoms with Crippen LogP contribution in [0, 0.1) is 0 Å². The molecule has 1 heterocycles. The highest BCUT2D eigenvalue weighted by Gasteiger charge is 2.20. The summed E-state index contributed by atoms with van der Waals surface area (Å²) in [4.78, 5) is 2.14. The molecular weight excluding hydrogens is 119 g/mol. The minimum absolute atomic E-state index is 0.0729. The molecule has 1 unspecified atom stereocenters. The maximum absolute atomic E-state index is 12.6. The number of piperazine rings is 1. The van der Waals surface area contributed by atoms with Gasteiger partial charge in [0.1, 0.15) is 0 Å². The number of hydrogen-bond acceptors (Lipinski definition) is 2. The number of likely N-dealkylation sites (N-methyl/N-ethyl adjacent to an activating group) is 1. The topological polar surface area (TPSA) is 6.48 Å². The zero-order valence-electron chi connectivity index (χ0n) is 5.97. The molecule has 0 aromatic rings. The van der Waals surface area contributed by atoms with E-state index in [1.165, 1.54) is 0 Å². The standard InChI is InChI=1S/C6H13FN2/c1-6-5-8(2)3-4-9(6)7/h6H,3-5H2,1-2H3. The van der Waals surface area contributed by atoms with E-state index >= 15 is 0 Å². The maximum atomic E-state index is 12.6. The van der Waals surface area contributed by atoms with Gasteiger partial charge in [0.15, 0.2) is 0 Å². The van der Waals surface area contributed by atoms with Crippen LogP contribution in [0.4, 0.5) is 4.48 Å². The molecule has 0 bridgehead atoms. The number of halogens is 1. The van der Waals surface area contributed by atoms with Crippen LogP contribution >= 0.6 is 0 Å². The third-order valence-electron chi connectivity index (χ3n) is 1.75. The van der Waals surface area contributed by atoms with Crippen LogP contribution in [0.5, 0.6) is 0 Å². The first-order valence-electron chi connectivity index (χ1n) is 3.31. The Hall–Kier alpha value is -0.150. The summed E-state index contributed by atoms with van der Waals surface area (Å²) in [5, 5.41) is 0.903. The molecule has 0 aromatic carbocycles. The molecule has 0 amide bonds. The first-order valence-corrected chi connectivity index (χ1v) is 3.31. The van der Waals surface area contributed by atoms with E-state index in [0.29, 0.717) is 6.54 Å². The zero-order valence-corrected chi connectivity index (χ0v) is 5.97. The summed E-state index contributed by atoms with van der Waals surface area (Å²) in [7, 11) is 2.02. The first kappa shape index (κ1) is 6.96. The van der Waals surface area contributed by atoms with Crippen molar-refractivity contribution in [3.8, 4) is 0 Å². The fourth-order valence-corrected chi connectivity index (χ4v) is 1.12. The highest BCUT2D eigenvalue weighted by molar-refractivity contribution is 4.70. The summed E-state index contributed by atoms with van der Waals surface area (Å²) >= 11 is 0. The second-order valence-electron chi connectivity index (χ2n) is 2.73. The van der Waals surface area contributed by atoms with E-state index in [1.807, 2.05) is 14.0 Å². The third-order valence-corrected chi connectivity index (χ3v) is 1.75. The van der Waals surface area contributed by atoms with Gasteiger partial charge in [0, 0.05) is 19.6 Å². The predicted octanol–water partition coefficient (Wildman–Crippen LogP) is 0.507. The van der Waals surface area contributed by atoms with Gasteiger partial charge in [-0.2, -0.15) is 0 Å². The Bertz CT molecular complexity index is 97.1. The van der Waals surface area contributed by atoms with E-state index in [9.17, 15) is 4.48 Å². The molecule has 1 saturated heterocycles. The van der Waals surface area contributed by atoms with Crippen molar-refractivity contribution in [3.63, 3.8) is 0 Å².